The number of rotatable bonds is 4. The minimum Gasteiger partial charge on any atom is -0.299 e. The molecule has 1 fully saturated rings. The van der Waals surface area contributed by atoms with E-state index in [-0.39, 0.29) is 28.2 Å². The molecule has 8 heteroatoms. The third-order valence-electron chi connectivity index (χ3n) is 6.22. The van der Waals surface area contributed by atoms with E-state index in [9.17, 15) is 13.2 Å². The molecule has 1 atom stereocenters. The van der Waals surface area contributed by atoms with E-state index in [1.807, 2.05) is 24.3 Å². The van der Waals surface area contributed by atoms with Gasteiger partial charge >= 0.3 is 0 Å². The van der Waals surface area contributed by atoms with Gasteiger partial charge in [0.2, 0.25) is 10.0 Å². The van der Waals surface area contributed by atoms with Gasteiger partial charge in [0, 0.05) is 31.3 Å². The summed E-state index contributed by atoms with van der Waals surface area (Å²) in [6, 6.07) is 14.9. The molecule has 0 N–H and O–H groups in total. The van der Waals surface area contributed by atoms with Gasteiger partial charge in [0.05, 0.1) is 0 Å². The monoisotopic (exact) mass is 423 g/mol. The topological polar surface area (TPSA) is 93.4 Å². The molecule has 1 saturated carbocycles. The lowest BCUT2D eigenvalue weighted by molar-refractivity contribution is -0.120. The zero-order chi connectivity index (χ0) is 20.8. The number of fused-ring (bicyclic) bond motifs is 2. The molecule has 2 aromatic carbocycles. The van der Waals surface area contributed by atoms with Gasteiger partial charge in [0.1, 0.15) is 16.2 Å². The number of hydrogen-bond donors (Lipinski definition) is 0. The Labute approximate surface area is 174 Å². The highest BCUT2D eigenvalue weighted by atomic mass is 32.2. The minimum atomic E-state index is -3.81. The number of ketones is 1. The summed E-state index contributed by atoms with van der Waals surface area (Å²) >= 11 is 0. The van der Waals surface area contributed by atoms with E-state index in [2.05, 4.69) is 22.4 Å². The molecular weight excluding hydrogens is 402 g/mol. The Morgan fingerprint density at radius 1 is 1.07 bits per heavy atom. The first-order chi connectivity index (χ1) is 14.5. The second kappa shape index (κ2) is 7.14. The zero-order valence-electron chi connectivity index (χ0n) is 16.3. The van der Waals surface area contributed by atoms with E-state index < -0.39 is 10.0 Å². The van der Waals surface area contributed by atoms with Gasteiger partial charge in [-0.25, -0.2) is 13.0 Å². The van der Waals surface area contributed by atoms with Crippen molar-refractivity contribution in [1.82, 2.24) is 14.6 Å². The summed E-state index contributed by atoms with van der Waals surface area (Å²) in [5.41, 5.74) is 2.47. The fourth-order valence-corrected chi connectivity index (χ4v) is 6.27. The normalized spacial score (nSPS) is 22.7. The zero-order valence-corrected chi connectivity index (χ0v) is 17.1. The number of hydrogen-bond acceptors (Lipinski definition) is 6. The molecule has 1 aromatic heterocycles. The van der Waals surface area contributed by atoms with Crippen molar-refractivity contribution < 1.29 is 17.8 Å². The molecule has 3 aromatic rings. The number of carbonyl (C=O) groups is 1. The van der Waals surface area contributed by atoms with Gasteiger partial charge in [-0.2, -0.15) is 4.31 Å². The lowest BCUT2D eigenvalue weighted by Crippen LogP contribution is -2.49. The van der Waals surface area contributed by atoms with Gasteiger partial charge < -0.3 is 0 Å². The number of benzene rings is 2. The van der Waals surface area contributed by atoms with Crippen LogP contribution in [0.3, 0.4) is 0 Å². The van der Waals surface area contributed by atoms with Gasteiger partial charge in [0.25, 0.3) is 0 Å². The van der Waals surface area contributed by atoms with Crippen molar-refractivity contribution in [3.63, 3.8) is 0 Å². The van der Waals surface area contributed by atoms with Crippen molar-refractivity contribution in [3.8, 4) is 0 Å². The Morgan fingerprint density at radius 2 is 1.90 bits per heavy atom. The van der Waals surface area contributed by atoms with Crippen LogP contribution in [-0.4, -0.2) is 41.9 Å². The van der Waals surface area contributed by atoms with E-state index in [0.29, 0.717) is 37.7 Å². The molecule has 5 rings (SSSR count). The van der Waals surface area contributed by atoms with Crippen LogP contribution in [0, 0.1) is 5.41 Å². The summed E-state index contributed by atoms with van der Waals surface area (Å²) in [6.45, 7) is 0.578. The molecule has 1 aliphatic carbocycles. The van der Waals surface area contributed by atoms with Crippen LogP contribution in [-0.2, 0) is 21.2 Å². The summed E-state index contributed by atoms with van der Waals surface area (Å²) in [4.78, 5) is 12.2. The van der Waals surface area contributed by atoms with Crippen molar-refractivity contribution in [2.24, 2.45) is 5.41 Å². The Hall–Kier alpha value is -2.84. The van der Waals surface area contributed by atoms with Crippen molar-refractivity contribution >= 4 is 26.8 Å². The maximum Gasteiger partial charge on any atom is 0.245 e. The van der Waals surface area contributed by atoms with Crippen molar-refractivity contribution in [3.05, 3.63) is 65.7 Å². The molecule has 0 bridgehead atoms. The third kappa shape index (κ3) is 3.16. The molecule has 0 radical (unpaired) electrons. The van der Waals surface area contributed by atoms with Gasteiger partial charge in [-0.05, 0) is 40.9 Å². The van der Waals surface area contributed by atoms with Crippen LogP contribution in [0.5, 0.6) is 0 Å². The molecule has 0 spiro atoms. The maximum absolute atomic E-state index is 13.6. The van der Waals surface area contributed by atoms with Gasteiger partial charge in [-0.3, -0.25) is 4.79 Å². The average molecular weight is 423 g/mol. The lowest BCUT2D eigenvalue weighted by Gasteiger charge is -2.45. The number of aromatic nitrogens is 2. The highest BCUT2D eigenvalue weighted by Crippen LogP contribution is 2.46. The Bertz CT molecular complexity index is 1250. The molecule has 154 valence electrons. The SMILES string of the molecule is O=C1CCC2(Cc3ccccc3)CN(S(=O)(=O)c3cccc4nonc34)CC=C2C1. The van der Waals surface area contributed by atoms with Crippen molar-refractivity contribution in [1.29, 1.82) is 0 Å². The first-order valence-corrected chi connectivity index (χ1v) is 11.4. The van der Waals surface area contributed by atoms with Crippen LogP contribution in [0.2, 0.25) is 0 Å². The van der Waals surface area contributed by atoms with E-state index in [1.54, 1.807) is 12.1 Å². The number of carbonyl (C=O) groups excluding carboxylic acids is 1. The van der Waals surface area contributed by atoms with Crippen LogP contribution in [0.4, 0.5) is 0 Å². The molecule has 7 nitrogen and oxygen atoms in total. The van der Waals surface area contributed by atoms with Crippen molar-refractivity contribution in [2.45, 2.75) is 30.6 Å². The second-order valence-corrected chi connectivity index (χ2v) is 9.98. The summed E-state index contributed by atoms with van der Waals surface area (Å²) in [5.74, 6) is 0.222. The number of sulfonamides is 1. The molecule has 0 amide bonds. The molecule has 1 unspecified atom stereocenters. The van der Waals surface area contributed by atoms with Crippen LogP contribution in [0.25, 0.3) is 11.0 Å². The highest BCUT2D eigenvalue weighted by Gasteiger charge is 2.45. The molecule has 1 aliphatic heterocycles. The molecule has 2 heterocycles. The van der Waals surface area contributed by atoms with E-state index in [0.717, 1.165) is 11.1 Å². The molecule has 30 heavy (non-hydrogen) atoms. The first kappa shape index (κ1) is 19.1. The fraction of sp³-hybridized carbons (Fsp3) is 0.318. The van der Waals surface area contributed by atoms with E-state index >= 15 is 0 Å². The van der Waals surface area contributed by atoms with Gasteiger partial charge in [-0.1, -0.05) is 48.0 Å². The predicted octanol–water partition coefficient (Wildman–Crippen LogP) is 3.14. The van der Waals surface area contributed by atoms with Gasteiger partial charge in [-0.15, -0.1) is 0 Å². The number of nitrogens with zero attached hydrogens (tertiary/aromatic N) is 3. The summed E-state index contributed by atoms with van der Waals surface area (Å²) in [5, 5.41) is 7.57. The van der Waals surface area contributed by atoms with Crippen LogP contribution < -0.4 is 0 Å². The lowest BCUT2D eigenvalue weighted by atomic mass is 9.65. The van der Waals surface area contributed by atoms with Crippen LogP contribution in [0.1, 0.15) is 24.8 Å². The Balaban J connectivity index is 1.55. The van der Waals surface area contributed by atoms with E-state index in [4.69, 9.17) is 4.63 Å². The predicted molar refractivity (Wildman–Crippen MR) is 110 cm³/mol. The Kier molecular flexibility index (Phi) is 4.56. The van der Waals surface area contributed by atoms with Crippen molar-refractivity contribution in [2.75, 3.05) is 13.1 Å². The maximum atomic E-state index is 13.6. The fourth-order valence-electron chi connectivity index (χ4n) is 4.67. The largest absolute Gasteiger partial charge is 0.299 e. The summed E-state index contributed by atoms with van der Waals surface area (Å²) in [7, 11) is -3.81. The van der Waals surface area contributed by atoms with E-state index in [1.165, 1.54) is 10.4 Å². The summed E-state index contributed by atoms with van der Waals surface area (Å²) < 4.78 is 33.4. The molecular formula is C22H21N3O4S. The second-order valence-electron chi connectivity index (χ2n) is 8.07. The quantitative estimate of drug-likeness (QED) is 0.599. The molecule has 2 aliphatic rings. The minimum absolute atomic E-state index is 0.0971. The number of Topliss-reactive ketones (excluding diaryl/α,β-unsaturated/α-hetero) is 1. The van der Waals surface area contributed by atoms with Crippen LogP contribution >= 0.6 is 0 Å². The molecule has 0 saturated heterocycles. The standard InChI is InChI=1S/C22H21N3O4S/c26-18-9-11-22(14-16-5-2-1-3-6-16)15-25(12-10-17(22)13-18)30(27,28)20-8-4-7-19-21(20)24-29-23-19/h1-8,10H,9,11-15H2. The average Bonchev–Trinajstić information content (AvgIpc) is 3.23. The van der Waals surface area contributed by atoms with Gasteiger partial charge in [0.15, 0.2) is 5.52 Å². The smallest absolute Gasteiger partial charge is 0.245 e. The first-order valence-electron chi connectivity index (χ1n) is 9.95. The summed E-state index contributed by atoms with van der Waals surface area (Å²) in [6.07, 6.45) is 4.16. The third-order valence-corrected chi connectivity index (χ3v) is 8.07. The Morgan fingerprint density at radius 3 is 2.73 bits per heavy atom. The highest BCUT2D eigenvalue weighted by molar-refractivity contribution is 7.89. The van der Waals surface area contributed by atoms with Crippen LogP contribution in [0.15, 0.2) is 69.7 Å².